The molecule has 2 aromatic rings. The van der Waals surface area contributed by atoms with Crippen LogP contribution in [0, 0.1) is 12.3 Å². The van der Waals surface area contributed by atoms with E-state index in [1.807, 2.05) is 14.0 Å². The Morgan fingerprint density at radius 2 is 2.10 bits per heavy atom. The number of rotatable bonds is 3. The standard InChI is InChI=1S/C15H22N4O2/c1-9-12(13(20)18-10(2)15(3,4)5)21-14(17-9)11-7-16-19(6)8-11/h7-8,10H,1-6H3,(H,18,20)/t10-/m1/s1. The maximum absolute atomic E-state index is 12.3. The second kappa shape index (κ2) is 5.35. The SMILES string of the molecule is Cc1nc(-c2cnn(C)c2)oc1C(=O)N[C@H](C)C(C)(C)C. The zero-order valence-electron chi connectivity index (χ0n) is 13.4. The molecule has 2 aromatic heterocycles. The molecule has 0 fully saturated rings. The van der Waals surface area contributed by atoms with Gasteiger partial charge in [-0.05, 0) is 19.3 Å². The second-order valence-corrected chi connectivity index (χ2v) is 6.40. The fraction of sp³-hybridized carbons (Fsp3) is 0.533. The predicted octanol–water partition coefficient (Wildman–Crippen LogP) is 2.55. The summed E-state index contributed by atoms with van der Waals surface area (Å²) < 4.78 is 7.28. The van der Waals surface area contributed by atoms with E-state index in [1.54, 1.807) is 24.0 Å². The van der Waals surface area contributed by atoms with Crippen molar-refractivity contribution in [2.45, 2.75) is 40.7 Å². The van der Waals surface area contributed by atoms with E-state index in [1.165, 1.54) is 0 Å². The first-order chi connectivity index (χ1) is 9.68. The van der Waals surface area contributed by atoms with E-state index in [0.717, 1.165) is 5.56 Å². The molecular formula is C15H22N4O2. The lowest BCUT2D eigenvalue weighted by Gasteiger charge is -2.27. The van der Waals surface area contributed by atoms with Crippen molar-refractivity contribution >= 4 is 5.91 Å². The van der Waals surface area contributed by atoms with Crippen LogP contribution in [0.1, 0.15) is 43.9 Å². The fourth-order valence-electron chi connectivity index (χ4n) is 1.74. The van der Waals surface area contributed by atoms with Gasteiger partial charge in [-0.3, -0.25) is 9.48 Å². The van der Waals surface area contributed by atoms with Crippen molar-refractivity contribution in [1.29, 1.82) is 0 Å². The van der Waals surface area contributed by atoms with Crippen LogP contribution in [-0.4, -0.2) is 26.7 Å². The molecule has 1 amide bonds. The third kappa shape index (κ3) is 3.32. The topological polar surface area (TPSA) is 73.0 Å². The Morgan fingerprint density at radius 3 is 2.62 bits per heavy atom. The van der Waals surface area contributed by atoms with E-state index in [-0.39, 0.29) is 23.1 Å². The number of hydrogen-bond donors (Lipinski definition) is 1. The number of nitrogens with one attached hydrogen (secondary N) is 1. The van der Waals surface area contributed by atoms with E-state index in [2.05, 4.69) is 36.2 Å². The summed E-state index contributed by atoms with van der Waals surface area (Å²) in [6.07, 6.45) is 3.45. The molecule has 0 aliphatic heterocycles. The number of amides is 1. The zero-order valence-corrected chi connectivity index (χ0v) is 13.4. The first kappa shape index (κ1) is 15.3. The van der Waals surface area contributed by atoms with E-state index in [9.17, 15) is 4.79 Å². The molecule has 0 aliphatic carbocycles. The van der Waals surface area contributed by atoms with Gasteiger partial charge in [0.1, 0.15) is 0 Å². The molecule has 6 heteroatoms. The van der Waals surface area contributed by atoms with Crippen molar-refractivity contribution in [3.8, 4) is 11.5 Å². The normalized spacial score (nSPS) is 13.2. The van der Waals surface area contributed by atoms with E-state index in [4.69, 9.17) is 4.42 Å². The largest absolute Gasteiger partial charge is 0.431 e. The Morgan fingerprint density at radius 1 is 1.43 bits per heavy atom. The Hall–Kier alpha value is -2.11. The summed E-state index contributed by atoms with van der Waals surface area (Å²) in [7, 11) is 1.82. The van der Waals surface area contributed by atoms with Gasteiger partial charge in [-0.1, -0.05) is 20.8 Å². The van der Waals surface area contributed by atoms with Gasteiger partial charge in [-0.25, -0.2) is 4.98 Å². The molecule has 0 spiro atoms. The molecule has 2 rings (SSSR count). The van der Waals surface area contributed by atoms with Gasteiger partial charge >= 0.3 is 0 Å². The van der Waals surface area contributed by atoms with Crippen LogP contribution in [0.15, 0.2) is 16.8 Å². The summed E-state index contributed by atoms with van der Waals surface area (Å²) in [5.74, 6) is 0.427. The number of aromatic nitrogens is 3. The van der Waals surface area contributed by atoms with Crippen molar-refractivity contribution in [2.75, 3.05) is 0 Å². The van der Waals surface area contributed by atoms with Crippen LogP contribution in [0.5, 0.6) is 0 Å². The number of nitrogens with zero attached hydrogens (tertiary/aromatic N) is 3. The minimum absolute atomic E-state index is 0.0181. The van der Waals surface area contributed by atoms with Crippen molar-refractivity contribution in [3.05, 3.63) is 23.8 Å². The average Bonchev–Trinajstić information content (AvgIpc) is 2.94. The van der Waals surface area contributed by atoms with Gasteiger partial charge in [0.25, 0.3) is 5.91 Å². The van der Waals surface area contributed by atoms with Crippen LogP contribution < -0.4 is 5.32 Å². The highest BCUT2D eigenvalue weighted by atomic mass is 16.4. The molecule has 0 unspecified atom stereocenters. The highest BCUT2D eigenvalue weighted by Gasteiger charge is 2.25. The Labute approximate surface area is 124 Å². The lowest BCUT2D eigenvalue weighted by molar-refractivity contribution is 0.0882. The van der Waals surface area contributed by atoms with Gasteiger partial charge in [0.05, 0.1) is 17.5 Å². The summed E-state index contributed by atoms with van der Waals surface area (Å²) in [5, 5.41) is 7.03. The molecular weight excluding hydrogens is 268 g/mol. The van der Waals surface area contributed by atoms with Gasteiger partial charge < -0.3 is 9.73 Å². The lowest BCUT2D eigenvalue weighted by Crippen LogP contribution is -2.41. The van der Waals surface area contributed by atoms with Crippen LogP contribution in [0.25, 0.3) is 11.5 Å². The van der Waals surface area contributed by atoms with Gasteiger partial charge in [-0.2, -0.15) is 5.10 Å². The molecule has 0 aromatic carbocycles. The molecule has 0 bridgehead atoms. The summed E-state index contributed by atoms with van der Waals surface area (Å²) in [6, 6.07) is 0.0244. The number of carbonyl (C=O) groups is 1. The summed E-state index contributed by atoms with van der Waals surface area (Å²) in [6.45, 7) is 9.97. The molecule has 0 saturated carbocycles. The summed E-state index contributed by atoms with van der Waals surface area (Å²) >= 11 is 0. The van der Waals surface area contributed by atoms with Crippen LogP contribution in [-0.2, 0) is 7.05 Å². The molecule has 2 heterocycles. The maximum atomic E-state index is 12.3. The maximum Gasteiger partial charge on any atom is 0.289 e. The van der Waals surface area contributed by atoms with Crippen molar-refractivity contribution in [1.82, 2.24) is 20.1 Å². The van der Waals surface area contributed by atoms with Crippen LogP contribution in [0.2, 0.25) is 0 Å². The minimum atomic E-state index is -0.238. The summed E-state index contributed by atoms with van der Waals surface area (Å²) in [4.78, 5) is 16.6. The Bertz CT molecular complexity index is 649. The molecule has 0 radical (unpaired) electrons. The molecule has 1 atom stereocenters. The zero-order chi connectivity index (χ0) is 15.8. The highest BCUT2D eigenvalue weighted by Crippen LogP contribution is 2.23. The first-order valence-electron chi connectivity index (χ1n) is 6.96. The predicted molar refractivity (Wildman–Crippen MR) is 79.8 cm³/mol. The monoisotopic (exact) mass is 290 g/mol. The minimum Gasteiger partial charge on any atom is -0.431 e. The van der Waals surface area contributed by atoms with Crippen molar-refractivity contribution in [3.63, 3.8) is 0 Å². The number of hydrogen-bond acceptors (Lipinski definition) is 4. The van der Waals surface area contributed by atoms with E-state index in [0.29, 0.717) is 11.6 Å². The molecule has 21 heavy (non-hydrogen) atoms. The van der Waals surface area contributed by atoms with Crippen molar-refractivity contribution in [2.24, 2.45) is 12.5 Å². The number of aryl methyl sites for hydroxylation is 2. The third-order valence-corrected chi connectivity index (χ3v) is 3.60. The number of oxazole rings is 1. The van der Waals surface area contributed by atoms with Gasteiger partial charge in [0.15, 0.2) is 0 Å². The molecule has 6 nitrogen and oxygen atoms in total. The number of carbonyl (C=O) groups excluding carboxylic acids is 1. The molecule has 0 aliphatic rings. The highest BCUT2D eigenvalue weighted by molar-refractivity contribution is 5.93. The fourth-order valence-corrected chi connectivity index (χ4v) is 1.74. The first-order valence-corrected chi connectivity index (χ1v) is 6.96. The molecule has 114 valence electrons. The van der Waals surface area contributed by atoms with Crippen LogP contribution >= 0.6 is 0 Å². The van der Waals surface area contributed by atoms with Gasteiger partial charge in [0.2, 0.25) is 11.7 Å². The van der Waals surface area contributed by atoms with E-state index < -0.39 is 0 Å². The second-order valence-electron chi connectivity index (χ2n) is 6.40. The van der Waals surface area contributed by atoms with Gasteiger partial charge in [-0.15, -0.1) is 0 Å². The molecule has 0 saturated heterocycles. The van der Waals surface area contributed by atoms with Crippen LogP contribution in [0.4, 0.5) is 0 Å². The van der Waals surface area contributed by atoms with Crippen molar-refractivity contribution < 1.29 is 9.21 Å². The Kier molecular flexibility index (Phi) is 3.89. The third-order valence-electron chi connectivity index (χ3n) is 3.60. The molecule has 1 N–H and O–H groups in total. The van der Waals surface area contributed by atoms with Crippen LogP contribution in [0.3, 0.4) is 0 Å². The van der Waals surface area contributed by atoms with Gasteiger partial charge in [0, 0.05) is 19.3 Å². The smallest absolute Gasteiger partial charge is 0.289 e. The lowest BCUT2D eigenvalue weighted by atomic mass is 9.88. The quantitative estimate of drug-likeness (QED) is 0.942. The van der Waals surface area contributed by atoms with E-state index >= 15 is 0 Å². The summed E-state index contributed by atoms with van der Waals surface area (Å²) in [5.41, 5.74) is 1.31. The average molecular weight is 290 g/mol. The Balaban J connectivity index is 2.21.